The Labute approximate surface area is 128 Å². The largest absolute Gasteiger partial charge is 0.366 e. The van der Waals surface area contributed by atoms with Crippen LogP contribution in [0.15, 0.2) is 47.4 Å². The minimum Gasteiger partial charge on any atom is -0.366 e. The number of primary amides is 1. The lowest BCUT2D eigenvalue weighted by molar-refractivity contribution is 0.1000. The molecular weight excluding hydrogens is 276 g/mol. The Balaban J connectivity index is 2.13. The minimum absolute atomic E-state index is 0.144. The molecule has 3 rings (SSSR count). The maximum atomic E-state index is 11.7. The summed E-state index contributed by atoms with van der Waals surface area (Å²) < 4.78 is 0. The number of nitrogens with one attached hydrogen (secondary N) is 1. The Morgan fingerprint density at radius 3 is 2.59 bits per heavy atom. The normalized spacial score (nSPS) is 14.5. The average Bonchev–Trinajstić information content (AvgIpc) is 2.55. The van der Waals surface area contributed by atoms with E-state index in [0.717, 1.165) is 36.0 Å². The first kappa shape index (κ1) is 14.3. The van der Waals surface area contributed by atoms with Crippen molar-refractivity contribution in [2.45, 2.75) is 25.7 Å². The van der Waals surface area contributed by atoms with Gasteiger partial charge < -0.3 is 10.7 Å². The summed E-state index contributed by atoms with van der Waals surface area (Å²) in [6.07, 6.45) is 8.11. The first-order chi connectivity index (χ1) is 10.6. The van der Waals surface area contributed by atoms with Crippen LogP contribution in [0.5, 0.6) is 0 Å². The van der Waals surface area contributed by atoms with Gasteiger partial charge in [0.1, 0.15) is 0 Å². The third-order valence-electron chi connectivity index (χ3n) is 4.03. The van der Waals surface area contributed by atoms with Crippen molar-refractivity contribution in [1.29, 1.82) is 0 Å². The van der Waals surface area contributed by atoms with Gasteiger partial charge in [-0.2, -0.15) is 0 Å². The molecule has 4 nitrogen and oxygen atoms in total. The molecule has 1 heterocycles. The number of aromatic amines is 1. The number of H-pyrrole nitrogens is 1. The first-order valence-corrected chi connectivity index (χ1v) is 7.47. The quantitative estimate of drug-likeness (QED) is 0.912. The second kappa shape index (κ2) is 6.02. The number of carbonyl (C=O) groups excluding carboxylic acids is 1. The summed E-state index contributed by atoms with van der Waals surface area (Å²) in [7, 11) is 0. The van der Waals surface area contributed by atoms with Crippen LogP contribution in [0.1, 0.15) is 41.6 Å². The summed E-state index contributed by atoms with van der Waals surface area (Å²) in [5, 5.41) is 0. The van der Waals surface area contributed by atoms with Gasteiger partial charge in [-0.15, -0.1) is 0 Å². The molecule has 4 heteroatoms. The standard InChI is InChI=1S/C18H18N2O2/c19-18(22)15-7-6-13(14-8-9-20-17(21)11-14)10-16(15)12-4-2-1-3-5-12/h4,6-11H,1-3,5H2,(H2,19,22)(H,20,21). The van der Waals surface area contributed by atoms with Crippen molar-refractivity contribution in [2.24, 2.45) is 5.73 Å². The van der Waals surface area contributed by atoms with Gasteiger partial charge in [-0.25, -0.2) is 0 Å². The van der Waals surface area contributed by atoms with Crippen LogP contribution in [-0.2, 0) is 0 Å². The summed E-state index contributed by atoms with van der Waals surface area (Å²) in [5.41, 5.74) is 9.72. The molecule has 1 aromatic carbocycles. The molecule has 0 saturated carbocycles. The van der Waals surface area contributed by atoms with E-state index >= 15 is 0 Å². The van der Waals surface area contributed by atoms with Crippen molar-refractivity contribution in [2.75, 3.05) is 0 Å². The fourth-order valence-corrected chi connectivity index (χ4v) is 2.91. The summed E-state index contributed by atoms with van der Waals surface area (Å²) in [6, 6.07) is 8.95. The van der Waals surface area contributed by atoms with Crippen LogP contribution in [-0.4, -0.2) is 10.9 Å². The van der Waals surface area contributed by atoms with E-state index in [1.54, 1.807) is 18.3 Å². The van der Waals surface area contributed by atoms with E-state index in [1.807, 2.05) is 18.2 Å². The molecular formula is C18H18N2O2. The Bertz CT molecular complexity index is 803. The lowest BCUT2D eigenvalue weighted by Gasteiger charge is -2.16. The van der Waals surface area contributed by atoms with Gasteiger partial charge in [0.2, 0.25) is 11.5 Å². The molecule has 112 valence electrons. The lowest BCUT2D eigenvalue weighted by Crippen LogP contribution is -2.14. The first-order valence-electron chi connectivity index (χ1n) is 7.47. The predicted molar refractivity (Wildman–Crippen MR) is 87.5 cm³/mol. The molecule has 0 atom stereocenters. The molecule has 0 radical (unpaired) electrons. The van der Waals surface area contributed by atoms with E-state index in [9.17, 15) is 9.59 Å². The Kier molecular flexibility index (Phi) is 3.92. The van der Waals surface area contributed by atoms with E-state index in [-0.39, 0.29) is 5.56 Å². The van der Waals surface area contributed by atoms with Crippen molar-refractivity contribution in [1.82, 2.24) is 4.98 Å². The third-order valence-corrected chi connectivity index (χ3v) is 4.03. The van der Waals surface area contributed by atoms with E-state index < -0.39 is 5.91 Å². The van der Waals surface area contributed by atoms with Crippen LogP contribution in [0.25, 0.3) is 16.7 Å². The summed E-state index contributed by atoms with van der Waals surface area (Å²) in [6.45, 7) is 0. The number of aromatic nitrogens is 1. The number of benzene rings is 1. The average molecular weight is 294 g/mol. The number of rotatable bonds is 3. The number of allylic oxidation sites excluding steroid dienone is 2. The summed E-state index contributed by atoms with van der Waals surface area (Å²) >= 11 is 0. The molecule has 0 fully saturated rings. The highest BCUT2D eigenvalue weighted by molar-refractivity contribution is 5.99. The zero-order valence-corrected chi connectivity index (χ0v) is 12.3. The van der Waals surface area contributed by atoms with Crippen molar-refractivity contribution in [3.63, 3.8) is 0 Å². The van der Waals surface area contributed by atoms with E-state index in [1.165, 1.54) is 12.0 Å². The van der Waals surface area contributed by atoms with Crippen molar-refractivity contribution in [3.8, 4) is 11.1 Å². The third kappa shape index (κ3) is 2.86. The van der Waals surface area contributed by atoms with Gasteiger partial charge in [-0.05, 0) is 66.1 Å². The molecule has 0 saturated heterocycles. The van der Waals surface area contributed by atoms with Crippen LogP contribution < -0.4 is 11.3 Å². The second-order valence-electron chi connectivity index (χ2n) is 5.54. The fourth-order valence-electron chi connectivity index (χ4n) is 2.91. The molecule has 1 aliphatic carbocycles. The molecule has 2 aromatic rings. The summed E-state index contributed by atoms with van der Waals surface area (Å²) in [5.74, 6) is -0.418. The molecule has 1 aromatic heterocycles. The van der Waals surface area contributed by atoms with Crippen molar-refractivity contribution in [3.05, 3.63) is 64.1 Å². The number of amides is 1. The Morgan fingerprint density at radius 1 is 1.09 bits per heavy atom. The molecule has 0 aliphatic heterocycles. The van der Waals surface area contributed by atoms with Gasteiger partial charge in [0.05, 0.1) is 0 Å². The van der Waals surface area contributed by atoms with Gasteiger partial charge in [-0.3, -0.25) is 9.59 Å². The number of carbonyl (C=O) groups is 1. The molecule has 22 heavy (non-hydrogen) atoms. The smallest absolute Gasteiger partial charge is 0.249 e. The number of nitrogens with two attached hydrogens (primary N) is 1. The highest BCUT2D eigenvalue weighted by Crippen LogP contribution is 2.32. The Hall–Kier alpha value is -2.62. The number of hydrogen-bond donors (Lipinski definition) is 2. The van der Waals surface area contributed by atoms with Gasteiger partial charge >= 0.3 is 0 Å². The van der Waals surface area contributed by atoms with Gasteiger partial charge in [0, 0.05) is 17.8 Å². The van der Waals surface area contributed by atoms with Gasteiger partial charge in [0.15, 0.2) is 0 Å². The zero-order valence-electron chi connectivity index (χ0n) is 12.3. The molecule has 0 spiro atoms. The van der Waals surface area contributed by atoms with E-state index in [2.05, 4.69) is 11.1 Å². The molecule has 0 bridgehead atoms. The second-order valence-corrected chi connectivity index (χ2v) is 5.54. The molecule has 1 amide bonds. The SMILES string of the molecule is NC(=O)c1ccc(-c2cc[nH]c(=O)c2)cc1C1=CCCCC1. The van der Waals surface area contributed by atoms with Crippen LogP contribution in [0.3, 0.4) is 0 Å². The number of pyridine rings is 1. The Morgan fingerprint density at radius 2 is 1.91 bits per heavy atom. The summed E-state index contributed by atoms with van der Waals surface area (Å²) in [4.78, 5) is 25.8. The maximum Gasteiger partial charge on any atom is 0.249 e. The molecule has 3 N–H and O–H groups in total. The number of hydrogen-bond acceptors (Lipinski definition) is 2. The van der Waals surface area contributed by atoms with Gasteiger partial charge in [0.25, 0.3) is 0 Å². The lowest BCUT2D eigenvalue weighted by atomic mass is 9.88. The predicted octanol–water partition coefficient (Wildman–Crippen LogP) is 3.10. The van der Waals surface area contributed by atoms with Crippen molar-refractivity contribution < 1.29 is 4.79 Å². The highest BCUT2D eigenvalue weighted by atomic mass is 16.1. The van der Waals surface area contributed by atoms with Crippen LogP contribution >= 0.6 is 0 Å². The monoisotopic (exact) mass is 294 g/mol. The minimum atomic E-state index is -0.418. The van der Waals surface area contributed by atoms with Crippen LogP contribution in [0, 0.1) is 0 Å². The topological polar surface area (TPSA) is 76.0 Å². The maximum absolute atomic E-state index is 11.7. The van der Waals surface area contributed by atoms with E-state index in [4.69, 9.17) is 5.73 Å². The van der Waals surface area contributed by atoms with Crippen LogP contribution in [0.4, 0.5) is 0 Å². The fraction of sp³-hybridized carbons (Fsp3) is 0.222. The molecule has 0 unspecified atom stereocenters. The zero-order chi connectivity index (χ0) is 15.5. The highest BCUT2D eigenvalue weighted by Gasteiger charge is 2.15. The molecule has 1 aliphatic rings. The van der Waals surface area contributed by atoms with Crippen molar-refractivity contribution >= 4 is 11.5 Å². The van der Waals surface area contributed by atoms with E-state index in [0.29, 0.717) is 5.56 Å². The van der Waals surface area contributed by atoms with Crippen LogP contribution in [0.2, 0.25) is 0 Å². The van der Waals surface area contributed by atoms with Gasteiger partial charge in [-0.1, -0.05) is 12.1 Å².